The van der Waals surface area contributed by atoms with Gasteiger partial charge in [-0.3, -0.25) is 9.59 Å². The summed E-state index contributed by atoms with van der Waals surface area (Å²) in [5, 5.41) is 26.8. The van der Waals surface area contributed by atoms with Gasteiger partial charge >= 0.3 is 11.9 Å². The Labute approximate surface area is 91.3 Å². The van der Waals surface area contributed by atoms with Gasteiger partial charge in [0.1, 0.15) is 0 Å². The van der Waals surface area contributed by atoms with Crippen LogP contribution in [-0.4, -0.2) is 56.8 Å². The van der Waals surface area contributed by atoms with Crippen LogP contribution >= 0.6 is 0 Å². The van der Waals surface area contributed by atoms with Crippen LogP contribution in [0.1, 0.15) is 13.3 Å². The first-order valence-electron chi connectivity index (χ1n) is 4.77. The van der Waals surface area contributed by atoms with E-state index < -0.39 is 35.9 Å². The Morgan fingerprint density at radius 2 is 2.00 bits per heavy atom. The third-order valence-corrected chi connectivity index (χ3v) is 2.55. The Bertz CT molecular complexity index is 326. The van der Waals surface area contributed by atoms with E-state index in [1.54, 1.807) is 0 Å². The normalized spacial score (nSPS) is 24.2. The first-order chi connectivity index (χ1) is 7.34. The van der Waals surface area contributed by atoms with E-state index in [4.69, 9.17) is 10.2 Å². The van der Waals surface area contributed by atoms with E-state index in [0.717, 1.165) is 4.90 Å². The van der Waals surface area contributed by atoms with Crippen LogP contribution in [0.4, 0.5) is 0 Å². The monoisotopic (exact) mass is 231 g/mol. The molecule has 90 valence electrons. The van der Waals surface area contributed by atoms with E-state index >= 15 is 0 Å². The SMILES string of the molecule is C[C@H](O)[C@H](C(=O)O)N1CC(C(=O)O)CC1=O. The summed E-state index contributed by atoms with van der Waals surface area (Å²) in [6, 6.07) is -1.38. The third-order valence-electron chi connectivity index (χ3n) is 2.55. The van der Waals surface area contributed by atoms with Gasteiger partial charge in [0.25, 0.3) is 0 Å². The number of rotatable bonds is 4. The van der Waals surface area contributed by atoms with Crippen LogP contribution in [0.2, 0.25) is 0 Å². The highest BCUT2D eigenvalue weighted by Crippen LogP contribution is 2.21. The molecule has 0 spiro atoms. The van der Waals surface area contributed by atoms with E-state index in [2.05, 4.69) is 0 Å². The van der Waals surface area contributed by atoms with Crippen LogP contribution in [0.5, 0.6) is 0 Å². The molecule has 0 aromatic heterocycles. The highest BCUT2D eigenvalue weighted by molar-refractivity contribution is 5.89. The zero-order valence-electron chi connectivity index (χ0n) is 8.66. The van der Waals surface area contributed by atoms with E-state index in [1.165, 1.54) is 6.92 Å². The molecule has 0 bridgehead atoms. The van der Waals surface area contributed by atoms with Crippen LogP contribution in [0.3, 0.4) is 0 Å². The second-order valence-electron chi connectivity index (χ2n) is 3.81. The minimum absolute atomic E-state index is 0.171. The van der Waals surface area contributed by atoms with E-state index in [9.17, 15) is 19.5 Å². The van der Waals surface area contributed by atoms with Crippen molar-refractivity contribution in [2.75, 3.05) is 6.54 Å². The van der Waals surface area contributed by atoms with Crippen molar-refractivity contribution in [1.29, 1.82) is 0 Å². The number of hydrogen-bond donors (Lipinski definition) is 3. The van der Waals surface area contributed by atoms with Crippen LogP contribution in [0.15, 0.2) is 0 Å². The van der Waals surface area contributed by atoms with Crippen molar-refractivity contribution in [1.82, 2.24) is 4.90 Å². The maximum Gasteiger partial charge on any atom is 0.329 e. The first kappa shape index (κ1) is 12.4. The number of carbonyl (C=O) groups excluding carboxylic acids is 1. The molecule has 0 aromatic carbocycles. The van der Waals surface area contributed by atoms with Gasteiger partial charge in [-0.15, -0.1) is 0 Å². The Hall–Kier alpha value is -1.63. The van der Waals surface area contributed by atoms with Gasteiger partial charge in [0.2, 0.25) is 5.91 Å². The lowest BCUT2D eigenvalue weighted by atomic mass is 10.1. The lowest BCUT2D eigenvalue weighted by Crippen LogP contribution is -2.48. The fraction of sp³-hybridized carbons (Fsp3) is 0.667. The maximum atomic E-state index is 11.4. The second-order valence-corrected chi connectivity index (χ2v) is 3.81. The number of carbonyl (C=O) groups is 3. The summed E-state index contributed by atoms with van der Waals surface area (Å²) in [6.45, 7) is 1.08. The highest BCUT2D eigenvalue weighted by atomic mass is 16.4. The lowest BCUT2D eigenvalue weighted by Gasteiger charge is -2.26. The quantitative estimate of drug-likeness (QED) is 0.557. The van der Waals surface area contributed by atoms with Crippen LogP contribution in [-0.2, 0) is 14.4 Å². The Morgan fingerprint density at radius 3 is 2.31 bits per heavy atom. The molecule has 3 atom stereocenters. The molecule has 1 fully saturated rings. The third kappa shape index (κ3) is 2.30. The fourth-order valence-corrected chi connectivity index (χ4v) is 1.77. The number of aliphatic carboxylic acids is 2. The zero-order chi connectivity index (χ0) is 12.5. The van der Waals surface area contributed by atoms with Crippen molar-refractivity contribution in [3.05, 3.63) is 0 Å². The van der Waals surface area contributed by atoms with Crippen molar-refractivity contribution in [2.24, 2.45) is 5.92 Å². The van der Waals surface area contributed by atoms with Gasteiger partial charge in [0.15, 0.2) is 6.04 Å². The number of carboxylic acids is 2. The van der Waals surface area contributed by atoms with Gasteiger partial charge in [-0.1, -0.05) is 0 Å². The fourth-order valence-electron chi connectivity index (χ4n) is 1.77. The second kappa shape index (κ2) is 4.48. The van der Waals surface area contributed by atoms with Crippen LogP contribution < -0.4 is 0 Å². The predicted octanol–water partition coefficient (Wildman–Crippen LogP) is -1.25. The molecule has 3 N–H and O–H groups in total. The summed E-state index contributed by atoms with van der Waals surface area (Å²) in [6.07, 6.45) is -1.46. The molecule has 1 heterocycles. The van der Waals surface area contributed by atoms with Crippen LogP contribution in [0, 0.1) is 5.92 Å². The summed E-state index contributed by atoms with van der Waals surface area (Å²) in [5.41, 5.74) is 0. The number of carboxylic acid groups (broad SMARTS) is 2. The Kier molecular flexibility index (Phi) is 3.48. The van der Waals surface area contributed by atoms with Crippen molar-refractivity contribution >= 4 is 17.8 Å². The van der Waals surface area contributed by atoms with Gasteiger partial charge in [0.05, 0.1) is 12.0 Å². The molecule has 1 unspecified atom stereocenters. The molecule has 1 rings (SSSR count). The van der Waals surface area contributed by atoms with Gasteiger partial charge in [-0.2, -0.15) is 0 Å². The first-order valence-corrected chi connectivity index (χ1v) is 4.77. The molecular formula is C9H13NO6. The Balaban J connectivity index is 2.84. The number of amides is 1. The molecule has 0 saturated carbocycles. The van der Waals surface area contributed by atoms with Gasteiger partial charge in [-0.25, -0.2) is 4.79 Å². The number of nitrogens with zero attached hydrogens (tertiary/aromatic N) is 1. The average Bonchev–Trinajstić information content (AvgIpc) is 2.47. The van der Waals surface area contributed by atoms with E-state index in [1.807, 2.05) is 0 Å². The standard InChI is InChI=1S/C9H13NO6/c1-4(11)7(9(15)16)10-3-5(8(13)14)2-6(10)12/h4-5,7,11H,2-3H2,1H3,(H,13,14)(H,15,16)/t4-,5?,7+/m0/s1. The minimum Gasteiger partial charge on any atom is -0.481 e. The van der Waals surface area contributed by atoms with Crippen molar-refractivity contribution in [2.45, 2.75) is 25.5 Å². The van der Waals surface area contributed by atoms with Crippen molar-refractivity contribution in [3.8, 4) is 0 Å². The van der Waals surface area contributed by atoms with Crippen LogP contribution in [0.25, 0.3) is 0 Å². The molecule has 1 aliphatic heterocycles. The van der Waals surface area contributed by atoms with Gasteiger partial charge < -0.3 is 20.2 Å². The van der Waals surface area contributed by atoms with E-state index in [0.29, 0.717) is 0 Å². The summed E-state index contributed by atoms with van der Waals surface area (Å²) in [4.78, 5) is 33.9. The largest absolute Gasteiger partial charge is 0.481 e. The van der Waals surface area contributed by atoms with Gasteiger partial charge in [0, 0.05) is 13.0 Å². The highest BCUT2D eigenvalue weighted by Gasteiger charge is 2.42. The van der Waals surface area contributed by atoms with Crippen molar-refractivity contribution in [3.63, 3.8) is 0 Å². The maximum absolute atomic E-state index is 11.4. The van der Waals surface area contributed by atoms with Gasteiger partial charge in [-0.05, 0) is 6.92 Å². The van der Waals surface area contributed by atoms with E-state index in [-0.39, 0.29) is 13.0 Å². The summed E-state index contributed by atoms with van der Waals surface area (Å²) in [7, 11) is 0. The molecular weight excluding hydrogens is 218 g/mol. The number of hydrogen-bond acceptors (Lipinski definition) is 4. The summed E-state index contributed by atoms with van der Waals surface area (Å²) < 4.78 is 0. The molecule has 1 saturated heterocycles. The number of likely N-dealkylation sites (tertiary alicyclic amines) is 1. The van der Waals surface area contributed by atoms with Crippen molar-refractivity contribution < 1.29 is 29.7 Å². The molecule has 1 amide bonds. The summed E-state index contributed by atoms with van der Waals surface area (Å²) in [5.74, 6) is -3.92. The molecule has 7 heteroatoms. The smallest absolute Gasteiger partial charge is 0.329 e. The molecule has 0 aromatic rings. The number of aliphatic hydroxyl groups excluding tert-OH is 1. The molecule has 0 radical (unpaired) electrons. The minimum atomic E-state index is -1.38. The predicted molar refractivity (Wildman–Crippen MR) is 50.6 cm³/mol. The Morgan fingerprint density at radius 1 is 1.44 bits per heavy atom. The molecule has 0 aliphatic carbocycles. The topological polar surface area (TPSA) is 115 Å². The molecule has 16 heavy (non-hydrogen) atoms. The summed E-state index contributed by atoms with van der Waals surface area (Å²) >= 11 is 0. The molecule has 7 nitrogen and oxygen atoms in total. The lowest BCUT2D eigenvalue weighted by molar-refractivity contribution is -0.153. The molecule has 1 aliphatic rings. The average molecular weight is 231 g/mol. The number of aliphatic hydroxyl groups is 1. The zero-order valence-corrected chi connectivity index (χ0v) is 8.66.